The minimum Gasteiger partial charge on any atom is -0.467 e. The van der Waals surface area contributed by atoms with E-state index in [9.17, 15) is 9.59 Å². The number of esters is 1. The number of ether oxygens (including phenoxy) is 2. The van der Waals surface area contributed by atoms with E-state index < -0.39 is 17.2 Å². The number of allylic oxidation sites excluding steroid dienone is 1. The van der Waals surface area contributed by atoms with E-state index in [0.29, 0.717) is 25.8 Å². The molecule has 0 N–H and O–H groups in total. The Kier molecular flexibility index (Phi) is 5.20. The van der Waals surface area contributed by atoms with Crippen molar-refractivity contribution in [1.29, 1.82) is 0 Å². The number of carbonyl (C=O) groups excluding carboxylic acids is 2. The highest BCUT2D eigenvalue weighted by molar-refractivity contribution is 5.86. The van der Waals surface area contributed by atoms with Crippen LogP contribution in [0, 0.1) is 0 Å². The first-order chi connectivity index (χ1) is 9.27. The number of likely N-dealkylation sites (tertiary alicyclic amines) is 1. The lowest BCUT2D eigenvalue weighted by Crippen LogP contribution is -2.54. The fraction of sp³-hybridized carbons (Fsp3) is 0.733. The molecule has 1 heterocycles. The van der Waals surface area contributed by atoms with Crippen LogP contribution >= 0.6 is 0 Å². The first-order valence-electron chi connectivity index (χ1n) is 6.97. The Balaban J connectivity index is 2.99. The molecule has 0 bridgehead atoms. The molecule has 5 nitrogen and oxygen atoms in total. The van der Waals surface area contributed by atoms with Gasteiger partial charge in [0.05, 0.1) is 7.11 Å². The van der Waals surface area contributed by atoms with Gasteiger partial charge in [-0.15, -0.1) is 6.58 Å². The Hall–Kier alpha value is -1.52. The molecule has 1 amide bonds. The average molecular weight is 283 g/mol. The lowest BCUT2D eigenvalue weighted by atomic mass is 9.90. The Labute approximate surface area is 120 Å². The fourth-order valence-corrected chi connectivity index (χ4v) is 2.57. The molecule has 1 aliphatic heterocycles. The maximum atomic E-state index is 12.3. The second-order valence-electron chi connectivity index (χ2n) is 6.09. The molecular weight excluding hydrogens is 258 g/mol. The van der Waals surface area contributed by atoms with Crippen molar-refractivity contribution in [3.05, 3.63) is 12.7 Å². The van der Waals surface area contributed by atoms with Gasteiger partial charge in [0.15, 0.2) is 0 Å². The highest BCUT2D eigenvalue weighted by atomic mass is 16.6. The number of nitrogens with zero attached hydrogens (tertiary/aromatic N) is 1. The highest BCUT2D eigenvalue weighted by Gasteiger charge is 2.51. The van der Waals surface area contributed by atoms with Gasteiger partial charge in [0.1, 0.15) is 11.1 Å². The number of methoxy groups -OCH3 is 1. The van der Waals surface area contributed by atoms with Gasteiger partial charge in [-0.2, -0.15) is 0 Å². The number of rotatable bonds is 4. The molecule has 1 atom stereocenters. The van der Waals surface area contributed by atoms with Crippen LogP contribution in [0.15, 0.2) is 12.7 Å². The van der Waals surface area contributed by atoms with Crippen molar-refractivity contribution in [2.24, 2.45) is 0 Å². The molecule has 1 saturated heterocycles. The van der Waals surface area contributed by atoms with Crippen molar-refractivity contribution in [3.63, 3.8) is 0 Å². The molecule has 0 aromatic heterocycles. The van der Waals surface area contributed by atoms with Gasteiger partial charge < -0.3 is 9.47 Å². The van der Waals surface area contributed by atoms with Crippen molar-refractivity contribution < 1.29 is 19.1 Å². The third-order valence-electron chi connectivity index (χ3n) is 3.43. The first kappa shape index (κ1) is 16.5. The number of carbonyl (C=O) groups is 2. The van der Waals surface area contributed by atoms with Gasteiger partial charge in [0, 0.05) is 6.54 Å². The predicted molar refractivity (Wildman–Crippen MR) is 76.4 cm³/mol. The van der Waals surface area contributed by atoms with Gasteiger partial charge in [0.25, 0.3) is 0 Å². The minimum absolute atomic E-state index is 0.372. The third-order valence-corrected chi connectivity index (χ3v) is 3.43. The van der Waals surface area contributed by atoms with Crippen LogP contribution in [0.5, 0.6) is 0 Å². The summed E-state index contributed by atoms with van der Waals surface area (Å²) in [6.45, 7) is 9.63. The molecular formula is C15H25NO4. The van der Waals surface area contributed by atoms with E-state index in [1.54, 1.807) is 6.08 Å². The van der Waals surface area contributed by atoms with Crippen LogP contribution in [0.4, 0.5) is 4.79 Å². The fourth-order valence-electron chi connectivity index (χ4n) is 2.57. The molecule has 0 aromatic carbocycles. The highest BCUT2D eigenvalue weighted by Crippen LogP contribution is 2.36. The molecule has 5 heteroatoms. The second kappa shape index (κ2) is 6.29. The SMILES string of the molecule is C=CCCC1(C(=O)OC)CCCN1C(=O)OC(C)(C)C. The van der Waals surface area contributed by atoms with Crippen LogP contribution in [0.3, 0.4) is 0 Å². The van der Waals surface area contributed by atoms with Crippen LogP contribution in [0.25, 0.3) is 0 Å². The average Bonchev–Trinajstić information content (AvgIpc) is 2.78. The lowest BCUT2D eigenvalue weighted by molar-refractivity contribution is -0.153. The molecule has 0 spiro atoms. The molecule has 1 fully saturated rings. The normalized spacial score (nSPS) is 22.5. The molecule has 1 unspecified atom stereocenters. The van der Waals surface area contributed by atoms with E-state index in [1.807, 2.05) is 20.8 Å². The number of hydrogen-bond acceptors (Lipinski definition) is 4. The Bertz CT molecular complexity index is 386. The van der Waals surface area contributed by atoms with Gasteiger partial charge in [0.2, 0.25) is 0 Å². The maximum Gasteiger partial charge on any atom is 0.411 e. The topological polar surface area (TPSA) is 55.8 Å². The zero-order chi connectivity index (χ0) is 15.4. The van der Waals surface area contributed by atoms with Gasteiger partial charge >= 0.3 is 12.1 Å². The summed E-state index contributed by atoms with van der Waals surface area (Å²) in [5.41, 5.74) is -1.49. The van der Waals surface area contributed by atoms with Crippen LogP contribution in [0.2, 0.25) is 0 Å². The van der Waals surface area contributed by atoms with Gasteiger partial charge in [-0.3, -0.25) is 4.90 Å². The maximum absolute atomic E-state index is 12.3. The monoisotopic (exact) mass is 283 g/mol. The Morgan fingerprint density at radius 1 is 1.40 bits per heavy atom. The number of amides is 1. The molecule has 0 saturated carbocycles. The van der Waals surface area contributed by atoms with Crippen LogP contribution < -0.4 is 0 Å². The summed E-state index contributed by atoms with van der Waals surface area (Å²) in [6.07, 6.45) is 3.83. The molecule has 0 aromatic rings. The summed E-state index contributed by atoms with van der Waals surface area (Å²) >= 11 is 0. The zero-order valence-electron chi connectivity index (χ0n) is 12.9. The van der Waals surface area contributed by atoms with Crippen molar-refractivity contribution in [2.75, 3.05) is 13.7 Å². The smallest absolute Gasteiger partial charge is 0.411 e. The van der Waals surface area contributed by atoms with E-state index in [1.165, 1.54) is 12.0 Å². The third kappa shape index (κ3) is 3.52. The summed E-state index contributed by atoms with van der Waals surface area (Å²) < 4.78 is 10.3. The summed E-state index contributed by atoms with van der Waals surface area (Å²) in [5, 5.41) is 0. The second-order valence-corrected chi connectivity index (χ2v) is 6.09. The first-order valence-corrected chi connectivity index (χ1v) is 6.97. The Morgan fingerprint density at radius 3 is 2.55 bits per heavy atom. The lowest BCUT2D eigenvalue weighted by Gasteiger charge is -2.36. The van der Waals surface area contributed by atoms with Crippen LogP contribution in [-0.4, -0.2) is 41.8 Å². The van der Waals surface area contributed by atoms with E-state index >= 15 is 0 Å². The molecule has 1 aliphatic rings. The summed E-state index contributed by atoms with van der Waals surface area (Å²) in [4.78, 5) is 26.1. The van der Waals surface area contributed by atoms with Crippen molar-refractivity contribution in [2.45, 2.75) is 57.6 Å². The molecule has 114 valence electrons. The minimum atomic E-state index is -0.911. The standard InChI is InChI=1S/C15H25NO4/c1-6-7-9-15(12(17)19-5)10-8-11-16(15)13(18)20-14(2,3)4/h6H,1,7-11H2,2-5H3. The quantitative estimate of drug-likeness (QED) is 0.588. The summed E-state index contributed by atoms with van der Waals surface area (Å²) in [5.74, 6) is -0.372. The van der Waals surface area contributed by atoms with Crippen molar-refractivity contribution >= 4 is 12.1 Å². The van der Waals surface area contributed by atoms with E-state index in [0.717, 1.165) is 6.42 Å². The molecule has 0 aliphatic carbocycles. The predicted octanol–water partition coefficient (Wildman–Crippen LogP) is 2.90. The van der Waals surface area contributed by atoms with E-state index in [-0.39, 0.29) is 5.97 Å². The zero-order valence-corrected chi connectivity index (χ0v) is 12.9. The number of hydrogen-bond donors (Lipinski definition) is 0. The molecule has 1 rings (SSSR count). The molecule has 20 heavy (non-hydrogen) atoms. The van der Waals surface area contributed by atoms with Crippen molar-refractivity contribution in [1.82, 2.24) is 4.90 Å². The van der Waals surface area contributed by atoms with Gasteiger partial charge in [-0.05, 0) is 46.5 Å². The molecule has 0 radical (unpaired) electrons. The van der Waals surface area contributed by atoms with E-state index in [2.05, 4.69) is 6.58 Å². The summed E-state index contributed by atoms with van der Waals surface area (Å²) in [7, 11) is 1.35. The van der Waals surface area contributed by atoms with E-state index in [4.69, 9.17) is 9.47 Å². The summed E-state index contributed by atoms with van der Waals surface area (Å²) in [6, 6.07) is 0. The Morgan fingerprint density at radius 2 is 2.05 bits per heavy atom. The van der Waals surface area contributed by atoms with Crippen molar-refractivity contribution in [3.8, 4) is 0 Å². The largest absolute Gasteiger partial charge is 0.467 e. The van der Waals surface area contributed by atoms with Gasteiger partial charge in [-0.25, -0.2) is 9.59 Å². The van der Waals surface area contributed by atoms with Crippen LogP contribution in [-0.2, 0) is 14.3 Å². The van der Waals surface area contributed by atoms with Gasteiger partial charge in [-0.1, -0.05) is 6.08 Å². The van der Waals surface area contributed by atoms with Crippen LogP contribution in [0.1, 0.15) is 46.5 Å².